The highest BCUT2D eigenvalue weighted by atomic mass is 16.5. The lowest BCUT2D eigenvalue weighted by Gasteiger charge is -2.32. The maximum Gasteiger partial charge on any atom is 0.260 e. The molecule has 0 unspecified atom stereocenters. The number of rotatable bonds is 6. The predicted molar refractivity (Wildman–Crippen MR) is 113 cm³/mol. The second kappa shape index (κ2) is 9.44. The van der Waals surface area contributed by atoms with Crippen molar-refractivity contribution in [2.45, 2.75) is 72.3 Å². The zero-order chi connectivity index (χ0) is 20.9. The van der Waals surface area contributed by atoms with Crippen LogP contribution in [0.5, 0.6) is 5.75 Å². The third kappa shape index (κ3) is 6.54. The Labute approximate surface area is 169 Å². The second-order valence-electron chi connectivity index (χ2n) is 9.36. The van der Waals surface area contributed by atoms with Crippen molar-refractivity contribution in [2.75, 3.05) is 19.7 Å². The van der Waals surface area contributed by atoms with Gasteiger partial charge in [0.25, 0.3) is 5.91 Å². The van der Waals surface area contributed by atoms with Gasteiger partial charge in [-0.1, -0.05) is 52.3 Å². The normalized spacial score (nSPS) is 15.6. The maximum absolute atomic E-state index is 12.6. The van der Waals surface area contributed by atoms with Crippen molar-refractivity contribution < 1.29 is 14.3 Å². The predicted octanol–water partition coefficient (Wildman–Crippen LogP) is 3.82. The molecule has 156 valence electrons. The molecule has 0 atom stereocenters. The molecule has 1 aromatic carbocycles. The number of carbonyl (C=O) groups excluding carboxylic acids is 2. The van der Waals surface area contributed by atoms with E-state index in [9.17, 15) is 9.59 Å². The Morgan fingerprint density at radius 3 is 2.43 bits per heavy atom. The molecule has 0 bridgehead atoms. The fourth-order valence-electron chi connectivity index (χ4n) is 3.52. The van der Waals surface area contributed by atoms with Crippen LogP contribution in [0.25, 0.3) is 0 Å². The number of nitrogens with zero attached hydrogens (tertiary/aromatic N) is 1. The molecule has 0 aliphatic carbocycles. The van der Waals surface area contributed by atoms with E-state index in [1.54, 1.807) is 0 Å². The summed E-state index contributed by atoms with van der Waals surface area (Å²) >= 11 is 0. The van der Waals surface area contributed by atoms with Crippen LogP contribution < -0.4 is 10.1 Å². The molecule has 1 heterocycles. The summed E-state index contributed by atoms with van der Waals surface area (Å²) in [6.07, 6.45) is 2.15. The highest BCUT2D eigenvalue weighted by molar-refractivity contribution is 5.78. The van der Waals surface area contributed by atoms with E-state index in [-0.39, 0.29) is 29.9 Å². The van der Waals surface area contributed by atoms with Gasteiger partial charge < -0.3 is 15.0 Å². The number of nitrogens with one attached hydrogen (secondary N) is 1. The number of piperidine rings is 1. The Bertz CT molecular complexity index is 684. The highest BCUT2D eigenvalue weighted by Crippen LogP contribution is 2.32. The first kappa shape index (κ1) is 22.3. The van der Waals surface area contributed by atoms with Crippen molar-refractivity contribution in [2.24, 2.45) is 5.92 Å². The molecule has 28 heavy (non-hydrogen) atoms. The average Bonchev–Trinajstić information content (AvgIpc) is 2.59. The molecule has 1 saturated heterocycles. The van der Waals surface area contributed by atoms with Crippen LogP contribution in [-0.4, -0.2) is 42.5 Å². The van der Waals surface area contributed by atoms with E-state index in [0.29, 0.717) is 25.4 Å². The summed E-state index contributed by atoms with van der Waals surface area (Å²) in [7, 11) is 0. The fourth-order valence-corrected chi connectivity index (χ4v) is 3.52. The number of ether oxygens (including phenoxy) is 1. The summed E-state index contributed by atoms with van der Waals surface area (Å²) in [4.78, 5) is 26.4. The molecule has 5 heteroatoms. The minimum atomic E-state index is -0.0447. The largest absolute Gasteiger partial charge is 0.483 e. The number of amides is 2. The topological polar surface area (TPSA) is 58.6 Å². The van der Waals surface area contributed by atoms with Crippen molar-refractivity contribution in [3.63, 3.8) is 0 Å². The Morgan fingerprint density at radius 2 is 1.86 bits per heavy atom. The van der Waals surface area contributed by atoms with Gasteiger partial charge in [0.15, 0.2) is 6.61 Å². The first-order chi connectivity index (χ1) is 13.1. The molecule has 1 N–H and O–H groups in total. The minimum Gasteiger partial charge on any atom is -0.483 e. The van der Waals surface area contributed by atoms with Gasteiger partial charge >= 0.3 is 0 Å². The molecule has 1 aliphatic heterocycles. The third-order valence-corrected chi connectivity index (χ3v) is 5.10. The molecule has 0 radical (unpaired) electrons. The van der Waals surface area contributed by atoms with Crippen molar-refractivity contribution in [1.82, 2.24) is 10.2 Å². The summed E-state index contributed by atoms with van der Waals surface area (Å²) < 4.78 is 5.91. The van der Waals surface area contributed by atoms with Crippen LogP contribution in [0, 0.1) is 12.8 Å². The number of likely N-dealkylation sites (tertiary alicyclic amines) is 1. The van der Waals surface area contributed by atoms with Crippen LogP contribution in [0.2, 0.25) is 0 Å². The van der Waals surface area contributed by atoms with Gasteiger partial charge in [0.05, 0.1) is 0 Å². The summed E-state index contributed by atoms with van der Waals surface area (Å²) in [6.45, 7) is 14.0. The van der Waals surface area contributed by atoms with E-state index in [2.05, 4.69) is 39.1 Å². The molecule has 0 saturated carbocycles. The standard InChI is InChI=1S/C23H36N2O3/c1-16(2)13-21(26)24-18-9-11-25(12-10-18)22(27)15-28-20-8-7-17(3)14-19(20)23(4,5)6/h7-8,14,16,18H,9-13,15H2,1-6H3,(H,24,26). The molecule has 5 nitrogen and oxygen atoms in total. The summed E-state index contributed by atoms with van der Waals surface area (Å²) in [5, 5.41) is 3.09. The second-order valence-corrected chi connectivity index (χ2v) is 9.36. The number of benzene rings is 1. The minimum absolute atomic E-state index is 0.00684. The van der Waals surface area contributed by atoms with E-state index in [4.69, 9.17) is 4.74 Å². The van der Waals surface area contributed by atoms with Crippen LogP contribution in [0.1, 0.15) is 65.0 Å². The van der Waals surface area contributed by atoms with E-state index in [0.717, 1.165) is 24.2 Å². The quantitative estimate of drug-likeness (QED) is 0.806. The van der Waals surface area contributed by atoms with Crippen molar-refractivity contribution in [3.8, 4) is 5.75 Å². The maximum atomic E-state index is 12.6. The van der Waals surface area contributed by atoms with Crippen LogP contribution in [-0.2, 0) is 15.0 Å². The number of aryl methyl sites for hydroxylation is 1. The molecule has 2 rings (SSSR count). The average molecular weight is 389 g/mol. The van der Waals surface area contributed by atoms with E-state index in [1.165, 1.54) is 5.56 Å². The lowest BCUT2D eigenvalue weighted by molar-refractivity contribution is -0.134. The zero-order valence-electron chi connectivity index (χ0n) is 18.3. The summed E-state index contributed by atoms with van der Waals surface area (Å²) in [5.74, 6) is 1.26. The molecule has 1 fully saturated rings. The fraction of sp³-hybridized carbons (Fsp3) is 0.652. The lowest BCUT2D eigenvalue weighted by atomic mass is 9.85. The van der Waals surface area contributed by atoms with Gasteiger partial charge in [0.2, 0.25) is 5.91 Å². The van der Waals surface area contributed by atoms with Crippen LogP contribution in [0.15, 0.2) is 18.2 Å². The Morgan fingerprint density at radius 1 is 1.21 bits per heavy atom. The molecule has 2 amide bonds. The molecule has 0 aromatic heterocycles. The van der Waals surface area contributed by atoms with Crippen molar-refractivity contribution >= 4 is 11.8 Å². The molecular weight excluding hydrogens is 352 g/mol. The Hall–Kier alpha value is -2.04. The van der Waals surface area contributed by atoms with E-state index in [1.807, 2.05) is 30.9 Å². The van der Waals surface area contributed by atoms with Gasteiger partial charge in [-0.15, -0.1) is 0 Å². The van der Waals surface area contributed by atoms with Gasteiger partial charge in [0.1, 0.15) is 5.75 Å². The lowest BCUT2D eigenvalue weighted by Crippen LogP contribution is -2.47. The molecule has 1 aromatic rings. The molecule has 1 aliphatic rings. The Kier molecular flexibility index (Phi) is 7.50. The van der Waals surface area contributed by atoms with E-state index < -0.39 is 0 Å². The first-order valence-electron chi connectivity index (χ1n) is 10.4. The first-order valence-corrected chi connectivity index (χ1v) is 10.4. The number of hydrogen-bond acceptors (Lipinski definition) is 3. The van der Waals surface area contributed by atoms with E-state index >= 15 is 0 Å². The molecule has 0 spiro atoms. The SMILES string of the molecule is Cc1ccc(OCC(=O)N2CCC(NC(=O)CC(C)C)CC2)c(C(C)(C)C)c1. The van der Waals surface area contributed by atoms with Gasteiger partial charge in [-0.25, -0.2) is 0 Å². The zero-order valence-corrected chi connectivity index (χ0v) is 18.3. The van der Waals surface area contributed by atoms with Gasteiger partial charge in [-0.2, -0.15) is 0 Å². The van der Waals surface area contributed by atoms with Crippen molar-refractivity contribution in [1.29, 1.82) is 0 Å². The third-order valence-electron chi connectivity index (χ3n) is 5.10. The Balaban J connectivity index is 1.85. The van der Waals surface area contributed by atoms with Gasteiger partial charge in [-0.3, -0.25) is 9.59 Å². The smallest absolute Gasteiger partial charge is 0.260 e. The monoisotopic (exact) mass is 388 g/mol. The van der Waals surface area contributed by atoms with Crippen molar-refractivity contribution in [3.05, 3.63) is 29.3 Å². The van der Waals surface area contributed by atoms with Gasteiger partial charge in [-0.05, 0) is 42.7 Å². The molecular formula is C23H36N2O3. The highest BCUT2D eigenvalue weighted by Gasteiger charge is 2.25. The number of carbonyl (C=O) groups is 2. The van der Waals surface area contributed by atoms with Crippen LogP contribution in [0.4, 0.5) is 0 Å². The summed E-state index contributed by atoms with van der Waals surface area (Å²) in [5.41, 5.74) is 2.26. The number of hydrogen-bond donors (Lipinski definition) is 1. The van der Waals surface area contributed by atoms with Gasteiger partial charge in [0, 0.05) is 25.6 Å². The van der Waals surface area contributed by atoms with Crippen LogP contribution in [0.3, 0.4) is 0 Å². The van der Waals surface area contributed by atoms with Crippen LogP contribution >= 0.6 is 0 Å². The summed E-state index contributed by atoms with van der Waals surface area (Å²) in [6, 6.07) is 6.27.